The van der Waals surface area contributed by atoms with Crippen molar-refractivity contribution in [2.45, 2.75) is 44.9 Å². The lowest BCUT2D eigenvalue weighted by molar-refractivity contribution is -0.382. The molecule has 5 nitrogen and oxygen atoms in total. The molecule has 0 saturated heterocycles. The molecule has 226 valence electrons. The predicted octanol–water partition coefficient (Wildman–Crippen LogP) is 8.07. The summed E-state index contributed by atoms with van der Waals surface area (Å²) in [6.45, 7) is 1.34. The third kappa shape index (κ3) is 4.84. The van der Waals surface area contributed by atoms with E-state index in [1.54, 1.807) is 0 Å². The van der Waals surface area contributed by atoms with Crippen molar-refractivity contribution in [3.05, 3.63) is 101 Å². The fourth-order valence-electron chi connectivity index (χ4n) is 3.94. The minimum Gasteiger partial charge on any atom is -0.423 e. The van der Waals surface area contributed by atoms with E-state index < -0.39 is 49.3 Å². The van der Waals surface area contributed by atoms with Crippen molar-refractivity contribution >= 4 is 31.4 Å². The molecule has 0 aliphatic carbocycles. The maximum Gasteiger partial charge on any atom is 0.460 e. The van der Waals surface area contributed by atoms with Crippen LogP contribution >= 0.6 is 10.3 Å². The molecule has 16 heteroatoms. The molecule has 0 atom stereocenters. The van der Waals surface area contributed by atoms with E-state index in [1.165, 1.54) is 55.5 Å². The van der Waals surface area contributed by atoms with Crippen LogP contribution in [0.15, 0.2) is 109 Å². The van der Waals surface area contributed by atoms with E-state index in [-0.39, 0.29) is 31.2 Å². The molecule has 0 saturated carbocycles. The molecular formula is C26H17F9O5S2. The summed E-state index contributed by atoms with van der Waals surface area (Å²) in [5.74, 6) is -15.0. The van der Waals surface area contributed by atoms with E-state index in [9.17, 15) is 52.7 Å². The van der Waals surface area contributed by atoms with Gasteiger partial charge in [0.25, 0.3) is 0 Å². The zero-order valence-electron chi connectivity index (χ0n) is 20.8. The van der Waals surface area contributed by atoms with Gasteiger partial charge in [-0.1, -0.05) is 36.4 Å². The minimum absolute atomic E-state index is 0.0740. The molecule has 1 heterocycles. The van der Waals surface area contributed by atoms with Crippen molar-refractivity contribution in [1.29, 1.82) is 0 Å². The zero-order chi connectivity index (χ0) is 31.4. The standard InChI is InChI=1S/C26H17F9O5S2/c1-16-14-17-12-13-22(36)39-20(17)15-21(16)41(18-8-4-2-5-9-18,19-10-6-3-7-11-19)40-42(37,38)26(34,35)24(29,30)23(27,28)25(31,32)33/h2-15H,1H3. The highest BCUT2D eigenvalue weighted by Gasteiger charge is 2.86. The Bertz CT molecular complexity index is 1730. The van der Waals surface area contributed by atoms with Crippen LogP contribution in [0, 0.1) is 6.92 Å². The van der Waals surface area contributed by atoms with E-state index in [1.807, 2.05) is 0 Å². The van der Waals surface area contributed by atoms with Gasteiger partial charge in [0.05, 0.1) is 0 Å². The number of alkyl halides is 9. The summed E-state index contributed by atoms with van der Waals surface area (Å²) in [6, 6.07) is 17.3. The molecular weight excluding hydrogens is 627 g/mol. The zero-order valence-corrected chi connectivity index (χ0v) is 22.5. The second-order valence-electron chi connectivity index (χ2n) is 8.78. The van der Waals surface area contributed by atoms with Crippen LogP contribution in [-0.4, -0.2) is 31.7 Å². The van der Waals surface area contributed by atoms with Gasteiger partial charge in [-0.2, -0.15) is 47.9 Å². The molecule has 0 amide bonds. The van der Waals surface area contributed by atoms with Crippen LogP contribution < -0.4 is 5.63 Å². The molecule has 4 aromatic rings. The second-order valence-corrected chi connectivity index (χ2v) is 13.2. The number of benzene rings is 3. The van der Waals surface area contributed by atoms with Gasteiger partial charge < -0.3 is 4.42 Å². The van der Waals surface area contributed by atoms with Gasteiger partial charge in [0.1, 0.15) is 5.58 Å². The van der Waals surface area contributed by atoms with Crippen LogP contribution in [0.2, 0.25) is 0 Å². The minimum atomic E-state index is -7.51. The van der Waals surface area contributed by atoms with E-state index in [0.29, 0.717) is 0 Å². The number of hydrogen-bond donors (Lipinski definition) is 0. The first kappa shape index (κ1) is 31.4. The number of halogens is 9. The monoisotopic (exact) mass is 644 g/mol. The summed E-state index contributed by atoms with van der Waals surface area (Å²) in [6.07, 6.45) is -7.26. The van der Waals surface area contributed by atoms with Crippen LogP contribution in [0.4, 0.5) is 39.5 Å². The first-order valence-corrected chi connectivity index (χ1v) is 14.4. The van der Waals surface area contributed by atoms with Gasteiger partial charge in [0.15, 0.2) is 0 Å². The fourth-order valence-corrected chi connectivity index (χ4v) is 9.37. The molecule has 0 radical (unpaired) electrons. The average molecular weight is 645 g/mol. The van der Waals surface area contributed by atoms with Crippen LogP contribution in [-0.2, 0) is 13.7 Å². The van der Waals surface area contributed by atoms with Gasteiger partial charge in [0, 0.05) is 26.1 Å². The van der Waals surface area contributed by atoms with Crippen LogP contribution in [0.3, 0.4) is 0 Å². The number of fused-ring (bicyclic) bond motifs is 1. The van der Waals surface area contributed by atoms with Crippen LogP contribution in [0.1, 0.15) is 5.56 Å². The quantitative estimate of drug-likeness (QED) is 0.143. The highest BCUT2D eigenvalue weighted by atomic mass is 32.3. The molecule has 0 N–H and O–H groups in total. The van der Waals surface area contributed by atoms with E-state index >= 15 is 0 Å². The lowest BCUT2D eigenvalue weighted by Gasteiger charge is -2.42. The molecule has 0 fully saturated rings. The van der Waals surface area contributed by atoms with Crippen molar-refractivity contribution in [2.24, 2.45) is 0 Å². The molecule has 4 rings (SSSR count). The van der Waals surface area contributed by atoms with Crippen molar-refractivity contribution in [1.82, 2.24) is 0 Å². The number of rotatable bonds is 8. The molecule has 42 heavy (non-hydrogen) atoms. The second kappa shape index (κ2) is 10.3. The van der Waals surface area contributed by atoms with Crippen molar-refractivity contribution in [3.8, 4) is 0 Å². The Balaban J connectivity index is 2.10. The summed E-state index contributed by atoms with van der Waals surface area (Å²) in [4.78, 5) is 11.0. The third-order valence-electron chi connectivity index (χ3n) is 6.00. The Labute approximate surface area is 233 Å². The molecule has 1 aromatic heterocycles. The summed E-state index contributed by atoms with van der Waals surface area (Å²) in [5, 5.41) is -6.85. The molecule has 0 unspecified atom stereocenters. The molecule has 0 spiro atoms. The molecule has 3 aromatic carbocycles. The lowest BCUT2D eigenvalue weighted by atomic mass is 10.1. The van der Waals surface area contributed by atoms with Crippen molar-refractivity contribution in [3.63, 3.8) is 0 Å². The van der Waals surface area contributed by atoms with Gasteiger partial charge >= 0.3 is 39.0 Å². The van der Waals surface area contributed by atoms with Gasteiger partial charge in [-0.3, -0.25) is 0 Å². The van der Waals surface area contributed by atoms with E-state index in [2.05, 4.69) is 0 Å². The molecule has 0 bridgehead atoms. The van der Waals surface area contributed by atoms with Crippen LogP contribution in [0.25, 0.3) is 11.0 Å². The Morgan fingerprint density at radius 3 is 1.67 bits per heavy atom. The summed E-state index contributed by atoms with van der Waals surface area (Å²) >= 11 is 0. The van der Waals surface area contributed by atoms with E-state index in [0.717, 1.165) is 36.4 Å². The Morgan fingerprint density at radius 1 is 0.690 bits per heavy atom. The van der Waals surface area contributed by atoms with Gasteiger partial charge in [-0.05, 0) is 65.3 Å². The Hall–Kier alpha value is -3.50. The summed E-state index contributed by atoms with van der Waals surface area (Å²) in [5.41, 5.74) is -1.04. The smallest absolute Gasteiger partial charge is 0.423 e. The predicted molar refractivity (Wildman–Crippen MR) is 133 cm³/mol. The average Bonchev–Trinajstić information content (AvgIpc) is 2.91. The first-order chi connectivity index (χ1) is 19.3. The number of aryl methyl sites for hydroxylation is 1. The summed E-state index contributed by atoms with van der Waals surface area (Å²) in [7, 11) is -11.6. The van der Waals surface area contributed by atoms with Crippen molar-refractivity contribution in [2.75, 3.05) is 0 Å². The molecule has 0 aliphatic heterocycles. The van der Waals surface area contributed by atoms with Crippen molar-refractivity contribution < 1.29 is 56.0 Å². The largest absolute Gasteiger partial charge is 0.460 e. The number of hydrogen-bond acceptors (Lipinski definition) is 5. The summed E-state index contributed by atoms with van der Waals surface area (Å²) < 4.78 is 161. The SMILES string of the molecule is Cc1cc2ccc(=O)oc2cc1S(OS(=O)(=O)C(F)(F)C(F)(F)C(F)(F)C(F)(F)F)(c1ccccc1)c1ccccc1. The van der Waals surface area contributed by atoms with E-state index in [4.69, 9.17) is 8.05 Å². The van der Waals surface area contributed by atoms with Gasteiger partial charge in [0.2, 0.25) is 0 Å². The normalized spacial score (nSPS) is 14.2. The Kier molecular flexibility index (Phi) is 7.74. The molecule has 0 aliphatic rings. The van der Waals surface area contributed by atoms with Crippen LogP contribution in [0.5, 0.6) is 0 Å². The first-order valence-electron chi connectivity index (χ1n) is 11.4. The fraction of sp³-hybridized carbons (Fsp3) is 0.192. The van der Waals surface area contributed by atoms with Gasteiger partial charge in [-0.25, -0.2) is 8.42 Å². The highest BCUT2D eigenvalue weighted by molar-refractivity contribution is 8.33. The maximum absolute atomic E-state index is 15.0. The third-order valence-corrected chi connectivity index (χ3v) is 11.3. The maximum atomic E-state index is 15.0. The Morgan fingerprint density at radius 2 is 1.19 bits per heavy atom. The van der Waals surface area contributed by atoms with Gasteiger partial charge in [-0.15, -0.1) is 0 Å². The topological polar surface area (TPSA) is 73.6 Å². The highest BCUT2D eigenvalue weighted by Crippen LogP contribution is 2.72. The lowest BCUT2D eigenvalue weighted by Crippen LogP contribution is -2.63.